The molecule has 110 valence electrons. The van der Waals surface area contributed by atoms with Crippen molar-refractivity contribution in [1.29, 1.82) is 0 Å². The van der Waals surface area contributed by atoms with Crippen molar-refractivity contribution in [1.82, 2.24) is 4.90 Å². The Bertz CT molecular complexity index is 290. The van der Waals surface area contributed by atoms with Gasteiger partial charge in [-0.1, -0.05) is 32.1 Å². The number of carbonyl (C=O) groups excluding carboxylic acids is 1. The highest BCUT2D eigenvalue weighted by Crippen LogP contribution is 2.27. The Morgan fingerprint density at radius 2 is 2.05 bits per heavy atom. The van der Waals surface area contributed by atoms with Gasteiger partial charge < -0.3 is 15.4 Å². The maximum Gasteiger partial charge on any atom is 0.222 e. The number of rotatable bonds is 4. The minimum atomic E-state index is 0.0230. The smallest absolute Gasteiger partial charge is 0.222 e. The van der Waals surface area contributed by atoms with E-state index in [1.54, 1.807) is 0 Å². The van der Waals surface area contributed by atoms with E-state index in [9.17, 15) is 4.79 Å². The van der Waals surface area contributed by atoms with E-state index in [-0.39, 0.29) is 12.1 Å². The van der Waals surface area contributed by atoms with Crippen LogP contribution in [0.3, 0.4) is 0 Å². The summed E-state index contributed by atoms with van der Waals surface area (Å²) in [6.07, 6.45) is 8.50. The summed E-state index contributed by atoms with van der Waals surface area (Å²) in [4.78, 5) is 14.3. The van der Waals surface area contributed by atoms with Gasteiger partial charge >= 0.3 is 0 Å². The van der Waals surface area contributed by atoms with Gasteiger partial charge in [-0.05, 0) is 19.3 Å². The van der Waals surface area contributed by atoms with Gasteiger partial charge in [-0.3, -0.25) is 4.79 Å². The van der Waals surface area contributed by atoms with Gasteiger partial charge in [0, 0.05) is 19.5 Å². The molecule has 0 aromatic heterocycles. The number of ether oxygens (including phenoxy) is 1. The van der Waals surface area contributed by atoms with E-state index in [1.165, 1.54) is 32.1 Å². The molecule has 1 saturated carbocycles. The Hall–Kier alpha value is -0.610. The van der Waals surface area contributed by atoms with E-state index in [0.29, 0.717) is 32.0 Å². The fourth-order valence-electron chi connectivity index (χ4n) is 3.25. The van der Waals surface area contributed by atoms with Gasteiger partial charge in [0.2, 0.25) is 5.91 Å². The number of carbonyl (C=O) groups is 1. The van der Waals surface area contributed by atoms with Crippen molar-refractivity contribution in [3.63, 3.8) is 0 Å². The number of nitrogens with zero attached hydrogens (tertiary/aromatic N) is 1. The van der Waals surface area contributed by atoms with Crippen LogP contribution in [0, 0.1) is 5.92 Å². The highest BCUT2D eigenvalue weighted by atomic mass is 16.5. The first-order valence-electron chi connectivity index (χ1n) is 7.82. The standard InChI is InChI=1S/C15H28N2O2/c1-12-11-19-14(9-16)10-17(12)15(18)8-7-13-5-3-2-4-6-13/h12-14H,2-11,16H2,1H3. The fraction of sp³-hybridized carbons (Fsp3) is 0.933. The Morgan fingerprint density at radius 3 is 2.74 bits per heavy atom. The molecule has 4 heteroatoms. The molecule has 19 heavy (non-hydrogen) atoms. The maximum absolute atomic E-state index is 12.3. The SMILES string of the molecule is CC1COC(CN)CN1C(=O)CCC1CCCCC1. The third kappa shape index (κ3) is 4.18. The molecule has 1 aliphatic carbocycles. The molecule has 2 unspecified atom stereocenters. The molecule has 0 spiro atoms. The average molecular weight is 268 g/mol. The van der Waals surface area contributed by atoms with Crippen LogP contribution in [0.25, 0.3) is 0 Å². The second kappa shape index (κ2) is 7.25. The topological polar surface area (TPSA) is 55.6 Å². The van der Waals surface area contributed by atoms with Crippen LogP contribution >= 0.6 is 0 Å². The number of amides is 1. The molecule has 2 atom stereocenters. The molecule has 0 aromatic rings. The summed E-state index contributed by atoms with van der Waals surface area (Å²) in [6, 6.07) is 0.196. The first-order chi connectivity index (χ1) is 9.20. The molecule has 0 aromatic carbocycles. The van der Waals surface area contributed by atoms with Gasteiger partial charge in [0.1, 0.15) is 0 Å². The van der Waals surface area contributed by atoms with Crippen LogP contribution in [0.4, 0.5) is 0 Å². The first kappa shape index (κ1) is 14.8. The van der Waals surface area contributed by atoms with Crippen molar-refractivity contribution >= 4 is 5.91 Å². The molecule has 0 radical (unpaired) electrons. The van der Waals surface area contributed by atoms with E-state index in [4.69, 9.17) is 10.5 Å². The summed E-state index contributed by atoms with van der Waals surface area (Å²) < 4.78 is 5.60. The van der Waals surface area contributed by atoms with Gasteiger partial charge in [-0.25, -0.2) is 0 Å². The van der Waals surface area contributed by atoms with Crippen LogP contribution in [-0.2, 0) is 9.53 Å². The summed E-state index contributed by atoms with van der Waals surface area (Å²) in [5.74, 6) is 1.07. The predicted molar refractivity (Wildman–Crippen MR) is 75.8 cm³/mol. The normalized spacial score (nSPS) is 29.5. The van der Waals surface area contributed by atoms with E-state index in [1.807, 2.05) is 4.90 Å². The quantitative estimate of drug-likeness (QED) is 0.847. The lowest BCUT2D eigenvalue weighted by atomic mass is 9.86. The summed E-state index contributed by atoms with van der Waals surface area (Å²) in [5.41, 5.74) is 5.64. The summed E-state index contributed by atoms with van der Waals surface area (Å²) >= 11 is 0. The van der Waals surface area contributed by atoms with Crippen LogP contribution in [0.2, 0.25) is 0 Å². The highest BCUT2D eigenvalue weighted by molar-refractivity contribution is 5.76. The van der Waals surface area contributed by atoms with Crippen molar-refractivity contribution in [2.24, 2.45) is 11.7 Å². The van der Waals surface area contributed by atoms with Crippen LogP contribution in [-0.4, -0.2) is 42.6 Å². The number of morpholine rings is 1. The monoisotopic (exact) mass is 268 g/mol. The Labute approximate surface area is 116 Å². The second-order valence-corrected chi connectivity index (χ2v) is 6.13. The Balaban J connectivity index is 1.77. The van der Waals surface area contributed by atoms with E-state index < -0.39 is 0 Å². The van der Waals surface area contributed by atoms with Gasteiger partial charge in [0.05, 0.1) is 18.8 Å². The molecule has 2 aliphatic rings. The molecule has 2 rings (SSSR count). The molecule has 1 amide bonds. The molecular formula is C15H28N2O2. The second-order valence-electron chi connectivity index (χ2n) is 6.13. The molecule has 1 aliphatic heterocycles. The third-order valence-corrected chi connectivity index (χ3v) is 4.58. The molecular weight excluding hydrogens is 240 g/mol. The van der Waals surface area contributed by atoms with Crippen LogP contribution in [0.5, 0.6) is 0 Å². The Kier molecular flexibility index (Phi) is 5.64. The molecule has 1 saturated heterocycles. The number of hydrogen-bond acceptors (Lipinski definition) is 3. The summed E-state index contributed by atoms with van der Waals surface area (Å²) in [7, 11) is 0. The summed E-state index contributed by atoms with van der Waals surface area (Å²) in [5, 5.41) is 0. The first-order valence-corrected chi connectivity index (χ1v) is 7.82. The molecule has 0 bridgehead atoms. The van der Waals surface area contributed by atoms with Crippen LogP contribution < -0.4 is 5.73 Å². The van der Waals surface area contributed by atoms with Crippen LogP contribution in [0.1, 0.15) is 51.9 Å². The van der Waals surface area contributed by atoms with Gasteiger partial charge in [-0.2, -0.15) is 0 Å². The molecule has 2 N–H and O–H groups in total. The average Bonchev–Trinajstić information content (AvgIpc) is 2.46. The zero-order valence-electron chi connectivity index (χ0n) is 12.1. The minimum Gasteiger partial charge on any atom is -0.373 e. The van der Waals surface area contributed by atoms with E-state index >= 15 is 0 Å². The lowest BCUT2D eigenvalue weighted by molar-refractivity contribution is -0.143. The summed E-state index contributed by atoms with van der Waals surface area (Å²) in [6.45, 7) is 3.85. The number of nitrogens with two attached hydrogens (primary N) is 1. The number of hydrogen-bond donors (Lipinski definition) is 1. The van der Waals surface area contributed by atoms with Crippen molar-refractivity contribution in [2.75, 3.05) is 19.7 Å². The van der Waals surface area contributed by atoms with E-state index in [2.05, 4.69) is 6.92 Å². The molecule has 1 heterocycles. The molecule has 2 fully saturated rings. The largest absolute Gasteiger partial charge is 0.373 e. The zero-order chi connectivity index (χ0) is 13.7. The van der Waals surface area contributed by atoms with E-state index in [0.717, 1.165) is 12.3 Å². The maximum atomic E-state index is 12.3. The molecule has 4 nitrogen and oxygen atoms in total. The predicted octanol–water partition coefficient (Wildman–Crippen LogP) is 1.92. The van der Waals surface area contributed by atoms with Gasteiger partial charge in [0.25, 0.3) is 0 Å². The third-order valence-electron chi connectivity index (χ3n) is 4.58. The van der Waals surface area contributed by atoms with Crippen LogP contribution in [0.15, 0.2) is 0 Å². The fourth-order valence-corrected chi connectivity index (χ4v) is 3.25. The Morgan fingerprint density at radius 1 is 1.32 bits per heavy atom. The lowest BCUT2D eigenvalue weighted by Gasteiger charge is -2.38. The lowest BCUT2D eigenvalue weighted by Crippen LogP contribution is -2.52. The van der Waals surface area contributed by atoms with Crippen molar-refractivity contribution in [3.8, 4) is 0 Å². The van der Waals surface area contributed by atoms with Gasteiger partial charge in [-0.15, -0.1) is 0 Å². The highest BCUT2D eigenvalue weighted by Gasteiger charge is 2.29. The van der Waals surface area contributed by atoms with Crippen molar-refractivity contribution in [3.05, 3.63) is 0 Å². The van der Waals surface area contributed by atoms with Crippen molar-refractivity contribution < 1.29 is 9.53 Å². The van der Waals surface area contributed by atoms with Gasteiger partial charge in [0.15, 0.2) is 0 Å². The van der Waals surface area contributed by atoms with Crippen molar-refractivity contribution in [2.45, 2.75) is 64.0 Å². The minimum absolute atomic E-state index is 0.0230. The zero-order valence-corrected chi connectivity index (χ0v) is 12.1.